The molecule has 7 nitrogen and oxygen atoms in total. The molecule has 186 valence electrons. The van der Waals surface area contributed by atoms with Gasteiger partial charge in [-0.25, -0.2) is 0 Å². The average Bonchev–Trinajstić information content (AvgIpc) is 3.25. The number of nitrogens with one attached hydrogen (secondary N) is 1. The van der Waals surface area contributed by atoms with E-state index in [0.29, 0.717) is 17.3 Å². The van der Waals surface area contributed by atoms with Crippen LogP contribution in [0.5, 0.6) is 0 Å². The number of benzene rings is 2. The second-order valence-corrected chi connectivity index (χ2v) is 10.1. The normalized spacial score (nSPS) is 20.2. The number of rotatable bonds is 6. The highest BCUT2D eigenvalue weighted by Gasteiger charge is 2.24. The molecule has 36 heavy (non-hydrogen) atoms. The second-order valence-electron chi connectivity index (χ2n) is 10.1. The van der Waals surface area contributed by atoms with Crippen LogP contribution in [-0.2, 0) is 12.8 Å². The summed E-state index contributed by atoms with van der Waals surface area (Å²) in [5.74, 6) is 1.69. The van der Waals surface area contributed by atoms with E-state index in [0.717, 1.165) is 75.2 Å². The maximum Gasteiger partial charge on any atom is 0.251 e. The van der Waals surface area contributed by atoms with Crippen molar-refractivity contribution in [2.45, 2.75) is 57.9 Å². The molecule has 0 saturated heterocycles. The molecule has 1 aliphatic carbocycles. The number of fused-ring (bicyclic) bond motifs is 1. The molecule has 3 aromatic rings. The summed E-state index contributed by atoms with van der Waals surface area (Å²) in [4.78, 5) is 19.7. The Morgan fingerprint density at radius 1 is 1.11 bits per heavy atom. The molecule has 1 amide bonds. The molecule has 2 heterocycles. The van der Waals surface area contributed by atoms with Crippen molar-refractivity contribution >= 4 is 5.91 Å². The molecular weight excluding hydrogens is 450 g/mol. The number of hydrogen-bond acceptors (Lipinski definition) is 6. The van der Waals surface area contributed by atoms with Gasteiger partial charge in [0.05, 0.1) is 11.6 Å². The fourth-order valence-corrected chi connectivity index (χ4v) is 5.51. The van der Waals surface area contributed by atoms with Crippen molar-refractivity contribution < 1.29 is 9.32 Å². The fourth-order valence-electron chi connectivity index (χ4n) is 5.51. The number of amides is 1. The van der Waals surface area contributed by atoms with Gasteiger partial charge in [-0.1, -0.05) is 23.4 Å². The van der Waals surface area contributed by atoms with Crippen molar-refractivity contribution in [1.29, 1.82) is 5.26 Å². The van der Waals surface area contributed by atoms with E-state index in [2.05, 4.69) is 38.6 Å². The van der Waals surface area contributed by atoms with Gasteiger partial charge in [0.15, 0.2) is 0 Å². The van der Waals surface area contributed by atoms with E-state index in [-0.39, 0.29) is 11.9 Å². The number of nitrogens with zero attached hydrogens (tertiary/aromatic N) is 4. The van der Waals surface area contributed by atoms with Gasteiger partial charge in [0.2, 0.25) is 11.7 Å². The van der Waals surface area contributed by atoms with E-state index in [4.69, 9.17) is 4.52 Å². The predicted octanol–water partition coefficient (Wildman–Crippen LogP) is 4.70. The molecule has 2 aliphatic rings. The number of carbonyl (C=O) groups is 1. The van der Waals surface area contributed by atoms with Crippen LogP contribution in [0, 0.1) is 24.2 Å². The van der Waals surface area contributed by atoms with E-state index in [9.17, 15) is 10.1 Å². The minimum atomic E-state index is -0.0378. The molecule has 0 atom stereocenters. The molecular formula is C29H33N5O2. The standard InChI is InChI=1S/C29H33N5O2/c1-20-31-28(33-36-20)25-3-2-4-26(18-25)29(35)32-27-9-6-21(7-10-27)11-14-34-15-12-23-8-5-22(19-30)17-24(23)13-16-34/h2-5,8,17-18,21,27H,6-7,9-16H2,1H3,(H,32,35). The Bertz CT molecular complexity index is 1250. The van der Waals surface area contributed by atoms with Crippen LogP contribution in [-0.4, -0.2) is 46.6 Å². The van der Waals surface area contributed by atoms with Gasteiger partial charge >= 0.3 is 0 Å². The van der Waals surface area contributed by atoms with Gasteiger partial charge in [-0.2, -0.15) is 10.2 Å². The number of nitriles is 1. The number of aromatic nitrogens is 2. The summed E-state index contributed by atoms with van der Waals surface area (Å²) < 4.78 is 5.06. The van der Waals surface area contributed by atoms with Gasteiger partial charge in [-0.05, 0) is 92.8 Å². The topological polar surface area (TPSA) is 95.1 Å². The lowest BCUT2D eigenvalue weighted by Gasteiger charge is -2.30. The molecule has 0 bridgehead atoms. The van der Waals surface area contributed by atoms with Crippen molar-refractivity contribution in [2.75, 3.05) is 19.6 Å². The first-order valence-electron chi connectivity index (χ1n) is 13.0. The van der Waals surface area contributed by atoms with Crippen LogP contribution in [0.25, 0.3) is 11.4 Å². The van der Waals surface area contributed by atoms with Crippen LogP contribution in [0.1, 0.15) is 65.0 Å². The van der Waals surface area contributed by atoms with Gasteiger partial charge in [0, 0.05) is 37.2 Å². The molecule has 7 heteroatoms. The molecule has 1 saturated carbocycles. The van der Waals surface area contributed by atoms with Gasteiger partial charge in [-0.3, -0.25) is 4.79 Å². The Morgan fingerprint density at radius 2 is 1.92 bits per heavy atom. The van der Waals surface area contributed by atoms with Crippen LogP contribution < -0.4 is 5.32 Å². The summed E-state index contributed by atoms with van der Waals surface area (Å²) in [5.41, 5.74) is 4.91. The first-order valence-corrected chi connectivity index (χ1v) is 13.0. The predicted molar refractivity (Wildman–Crippen MR) is 137 cm³/mol. The molecule has 0 spiro atoms. The monoisotopic (exact) mass is 483 g/mol. The molecule has 2 aromatic carbocycles. The molecule has 1 fully saturated rings. The van der Waals surface area contributed by atoms with Crippen molar-refractivity contribution in [3.8, 4) is 17.5 Å². The Kier molecular flexibility index (Phi) is 7.43. The van der Waals surface area contributed by atoms with Crippen molar-refractivity contribution in [1.82, 2.24) is 20.4 Å². The second kappa shape index (κ2) is 11.0. The van der Waals surface area contributed by atoms with Gasteiger partial charge in [0.25, 0.3) is 5.91 Å². The zero-order chi connectivity index (χ0) is 24.9. The maximum absolute atomic E-state index is 12.9. The summed E-state index contributed by atoms with van der Waals surface area (Å²) in [7, 11) is 0. The maximum atomic E-state index is 12.9. The Balaban J connectivity index is 1.06. The summed E-state index contributed by atoms with van der Waals surface area (Å²) in [5, 5.41) is 16.4. The van der Waals surface area contributed by atoms with Crippen LogP contribution in [0.3, 0.4) is 0 Å². The molecule has 0 radical (unpaired) electrons. The largest absolute Gasteiger partial charge is 0.349 e. The highest BCUT2D eigenvalue weighted by molar-refractivity contribution is 5.95. The fraction of sp³-hybridized carbons (Fsp3) is 0.448. The van der Waals surface area contributed by atoms with Crippen molar-refractivity contribution in [2.24, 2.45) is 5.92 Å². The van der Waals surface area contributed by atoms with E-state index in [1.807, 2.05) is 30.3 Å². The lowest BCUT2D eigenvalue weighted by molar-refractivity contribution is 0.0920. The van der Waals surface area contributed by atoms with E-state index in [1.54, 1.807) is 6.92 Å². The average molecular weight is 484 g/mol. The van der Waals surface area contributed by atoms with Gasteiger partial charge in [0.1, 0.15) is 0 Å². The summed E-state index contributed by atoms with van der Waals surface area (Å²) >= 11 is 0. The minimum Gasteiger partial charge on any atom is -0.349 e. The number of carbonyl (C=O) groups excluding carboxylic acids is 1. The van der Waals surface area contributed by atoms with Crippen LogP contribution in [0.4, 0.5) is 0 Å². The van der Waals surface area contributed by atoms with E-state index >= 15 is 0 Å². The number of hydrogen-bond donors (Lipinski definition) is 1. The minimum absolute atomic E-state index is 0.0378. The molecule has 1 aromatic heterocycles. The molecule has 5 rings (SSSR count). The summed E-state index contributed by atoms with van der Waals surface area (Å²) in [6, 6.07) is 16.0. The first-order chi connectivity index (χ1) is 17.6. The van der Waals surface area contributed by atoms with Crippen LogP contribution >= 0.6 is 0 Å². The van der Waals surface area contributed by atoms with Crippen LogP contribution in [0.15, 0.2) is 47.0 Å². The highest BCUT2D eigenvalue weighted by Crippen LogP contribution is 2.28. The highest BCUT2D eigenvalue weighted by atomic mass is 16.5. The summed E-state index contributed by atoms with van der Waals surface area (Å²) in [6.07, 6.45) is 7.68. The van der Waals surface area contributed by atoms with Crippen molar-refractivity contribution in [3.05, 3.63) is 70.6 Å². The third kappa shape index (κ3) is 5.83. The third-order valence-corrected chi connectivity index (χ3v) is 7.68. The smallest absolute Gasteiger partial charge is 0.251 e. The van der Waals surface area contributed by atoms with Crippen LogP contribution in [0.2, 0.25) is 0 Å². The zero-order valence-corrected chi connectivity index (χ0v) is 20.9. The Labute approximate surface area is 212 Å². The number of aryl methyl sites for hydroxylation is 1. The lowest BCUT2D eigenvalue weighted by atomic mass is 9.84. The van der Waals surface area contributed by atoms with Crippen molar-refractivity contribution in [3.63, 3.8) is 0 Å². The van der Waals surface area contributed by atoms with E-state index in [1.165, 1.54) is 17.5 Å². The SMILES string of the molecule is Cc1nc(-c2cccc(C(=O)NC3CCC(CCN4CCc5ccc(C#N)cc5CC4)CC3)c2)no1. The first kappa shape index (κ1) is 24.2. The quantitative estimate of drug-likeness (QED) is 0.546. The lowest BCUT2D eigenvalue weighted by Crippen LogP contribution is -2.38. The summed E-state index contributed by atoms with van der Waals surface area (Å²) in [6.45, 7) is 5.04. The van der Waals surface area contributed by atoms with Gasteiger partial charge in [-0.15, -0.1) is 0 Å². The Hall–Kier alpha value is -3.50. The molecule has 1 aliphatic heterocycles. The van der Waals surface area contributed by atoms with Gasteiger partial charge < -0.3 is 14.7 Å². The third-order valence-electron chi connectivity index (χ3n) is 7.68. The zero-order valence-electron chi connectivity index (χ0n) is 20.9. The Morgan fingerprint density at radius 3 is 2.67 bits per heavy atom. The molecule has 0 unspecified atom stereocenters. The molecule has 1 N–H and O–H groups in total. The van der Waals surface area contributed by atoms with E-state index < -0.39 is 0 Å².